The number of rotatable bonds is 2. The Labute approximate surface area is 102 Å². The van der Waals surface area contributed by atoms with Crippen LogP contribution < -0.4 is 5.11 Å². The van der Waals surface area contributed by atoms with Gasteiger partial charge in [0.05, 0.1) is 5.97 Å². The lowest BCUT2D eigenvalue weighted by atomic mass is 10.2. The van der Waals surface area contributed by atoms with Crippen LogP contribution in [0.25, 0.3) is 16.9 Å². The van der Waals surface area contributed by atoms with Crippen molar-refractivity contribution in [2.45, 2.75) is 0 Å². The van der Waals surface area contributed by atoms with E-state index in [0.29, 0.717) is 11.3 Å². The third-order valence-electron chi connectivity index (χ3n) is 2.67. The second-order valence-corrected chi connectivity index (χ2v) is 3.80. The molecule has 2 aromatic heterocycles. The Morgan fingerprint density at radius 1 is 1.17 bits per heavy atom. The molecule has 3 rings (SSSR count). The molecule has 0 radical (unpaired) electrons. The third-order valence-corrected chi connectivity index (χ3v) is 2.67. The second-order valence-electron chi connectivity index (χ2n) is 3.80. The first-order valence-corrected chi connectivity index (χ1v) is 5.35. The van der Waals surface area contributed by atoms with Gasteiger partial charge in [0.2, 0.25) is 0 Å². The summed E-state index contributed by atoms with van der Waals surface area (Å²) >= 11 is 0. The fraction of sp³-hybridized carbons (Fsp3) is 0. The monoisotopic (exact) mass is 238 g/mol. The molecule has 2 heterocycles. The normalized spacial score (nSPS) is 10.7. The summed E-state index contributed by atoms with van der Waals surface area (Å²) in [6.45, 7) is 0. The van der Waals surface area contributed by atoms with Crippen molar-refractivity contribution in [1.82, 2.24) is 14.5 Å². The number of fused-ring (bicyclic) bond motifs is 1. The Kier molecular flexibility index (Phi) is 2.30. The van der Waals surface area contributed by atoms with Crippen LogP contribution in [-0.4, -0.2) is 20.5 Å². The van der Waals surface area contributed by atoms with E-state index in [4.69, 9.17) is 0 Å². The molecule has 0 spiro atoms. The molecule has 0 unspecified atom stereocenters. The quantitative estimate of drug-likeness (QED) is 0.661. The van der Waals surface area contributed by atoms with Crippen molar-refractivity contribution in [3.63, 3.8) is 0 Å². The lowest BCUT2D eigenvalue weighted by Crippen LogP contribution is -2.22. The Hall–Kier alpha value is -2.69. The summed E-state index contributed by atoms with van der Waals surface area (Å²) in [4.78, 5) is 19.3. The van der Waals surface area contributed by atoms with Crippen LogP contribution in [0.2, 0.25) is 0 Å². The Bertz CT molecular complexity index is 734. The molecular formula is C13H8N3O2-. The summed E-state index contributed by atoms with van der Waals surface area (Å²) < 4.78 is 1.74. The summed E-state index contributed by atoms with van der Waals surface area (Å²) in [5.41, 5.74) is 2.27. The number of nitrogens with zero attached hydrogens (tertiary/aromatic N) is 3. The SMILES string of the molecule is O=C([O-])c1cccc(-n2cnc3cccnc32)c1. The summed E-state index contributed by atoms with van der Waals surface area (Å²) in [6.07, 6.45) is 3.29. The summed E-state index contributed by atoms with van der Waals surface area (Å²) in [6, 6.07) is 10.1. The standard InChI is InChI=1S/C13H9N3O2/c17-13(18)9-3-1-4-10(7-9)16-8-15-11-5-2-6-14-12(11)16/h1-8H,(H,17,18)/p-1. The van der Waals surface area contributed by atoms with E-state index in [1.807, 2.05) is 6.07 Å². The van der Waals surface area contributed by atoms with E-state index in [2.05, 4.69) is 9.97 Å². The van der Waals surface area contributed by atoms with Gasteiger partial charge >= 0.3 is 0 Å². The zero-order valence-electron chi connectivity index (χ0n) is 9.28. The molecule has 0 amide bonds. The van der Waals surface area contributed by atoms with E-state index in [-0.39, 0.29) is 5.56 Å². The number of carboxylic acid groups (broad SMARTS) is 1. The largest absolute Gasteiger partial charge is 0.545 e. The molecule has 0 saturated carbocycles. The van der Waals surface area contributed by atoms with Crippen LogP contribution in [0.1, 0.15) is 10.4 Å². The molecule has 88 valence electrons. The van der Waals surface area contributed by atoms with Crippen LogP contribution in [0.3, 0.4) is 0 Å². The number of carboxylic acids is 1. The summed E-state index contributed by atoms with van der Waals surface area (Å²) in [5, 5.41) is 10.8. The first-order valence-electron chi connectivity index (χ1n) is 5.35. The second kappa shape index (κ2) is 3.96. The summed E-state index contributed by atoms with van der Waals surface area (Å²) in [7, 11) is 0. The molecule has 0 atom stereocenters. The maximum Gasteiger partial charge on any atom is 0.164 e. The molecule has 0 aliphatic carbocycles. The molecule has 0 aliphatic rings. The molecular weight excluding hydrogens is 230 g/mol. The number of carbonyl (C=O) groups is 1. The molecule has 0 saturated heterocycles. The van der Waals surface area contributed by atoms with E-state index in [1.54, 1.807) is 35.3 Å². The maximum atomic E-state index is 10.8. The number of hydrogen-bond donors (Lipinski definition) is 0. The van der Waals surface area contributed by atoms with E-state index in [0.717, 1.165) is 5.52 Å². The Balaban J connectivity index is 2.20. The highest BCUT2D eigenvalue weighted by Crippen LogP contribution is 2.16. The molecule has 0 aliphatic heterocycles. The van der Waals surface area contributed by atoms with Gasteiger partial charge in [-0.05, 0) is 29.8 Å². The van der Waals surface area contributed by atoms with E-state index in [9.17, 15) is 9.90 Å². The predicted molar refractivity (Wildman–Crippen MR) is 63.2 cm³/mol. The van der Waals surface area contributed by atoms with Gasteiger partial charge in [-0.1, -0.05) is 12.1 Å². The molecule has 0 fully saturated rings. The van der Waals surface area contributed by atoms with Gasteiger partial charge in [0.25, 0.3) is 0 Å². The van der Waals surface area contributed by atoms with Crippen molar-refractivity contribution in [3.05, 3.63) is 54.5 Å². The number of aromatic nitrogens is 3. The fourth-order valence-corrected chi connectivity index (χ4v) is 1.82. The average molecular weight is 238 g/mol. The highest BCUT2D eigenvalue weighted by molar-refractivity contribution is 5.86. The minimum absolute atomic E-state index is 0.130. The number of imidazole rings is 1. The number of carbonyl (C=O) groups excluding carboxylic acids is 1. The van der Waals surface area contributed by atoms with Gasteiger partial charge in [-0.3, -0.25) is 4.57 Å². The van der Waals surface area contributed by atoms with Gasteiger partial charge < -0.3 is 9.90 Å². The minimum Gasteiger partial charge on any atom is -0.545 e. The van der Waals surface area contributed by atoms with Crippen LogP contribution >= 0.6 is 0 Å². The van der Waals surface area contributed by atoms with Gasteiger partial charge in [-0.2, -0.15) is 0 Å². The minimum atomic E-state index is -1.20. The molecule has 5 heteroatoms. The predicted octanol–water partition coefficient (Wildman–Crippen LogP) is 0.784. The van der Waals surface area contributed by atoms with Crippen LogP contribution in [0.15, 0.2) is 48.9 Å². The van der Waals surface area contributed by atoms with Gasteiger partial charge in [-0.15, -0.1) is 0 Å². The molecule has 5 nitrogen and oxygen atoms in total. The van der Waals surface area contributed by atoms with Gasteiger partial charge in [0.15, 0.2) is 5.65 Å². The van der Waals surface area contributed by atoms with Crippen LogP contribution in [0.5, 0.6) is 0 Å². The topological polar surface area (TPSA) is 70.8 Å². The van der Waals surface area contributed by atoms with Crippen molar-refractivity contribution in [2.24, 2.45) is 0 Å². The van der Waals surface area contributed by atoms with E-state index in [1.165, 1.54) is 12.1 Å². The van der Waals surface area contributed by atoms with Crippen molar-refractivity contribution in [2.75, 3.05) is 0 Å². The highest BCUT2D eigenvalue weighted by atomic mass is 16.4. The molecule has 1 aromatic carbocycles. The smallest absolute Gasteiger partial charge is 0.164 e. The average Bonchev–Trinajstić information content (AvgIpc) is 2.82. The number of benzene rings is 1. The molecule has 0 N–H and O–H groups in total. The van der Waals surface area contributed by atoms with Gasteiger partial charge in [0.1, 0.15) is 11.8 Å². The zero-order chi connectivity index (χ0) is 12.5. The first-order chi connectivity index (χ1) is 8.75. The number of hydrogen-bond acceptors (Lipinski definition) is 4. The van der Waals surface area contributed by atoms with Gasteiger partial charge in [0, 0.05) is 11.9 Å². The third kappa shape index (κ3) is 1.62. The van der Waals surface area contributed by atoms with Crippen molar-refractivity contribution in [1.29, 1.82) is 0 Å². The number of pyridine rings is 1. The molecule has 0 bridgehead atoms. The lowest BCUT2D eigenvalue weighted by molar-refractivity contribution is -0.255. The van der Waals surface area contributed by atoms with E-state index < -0.39 is 5.97 Å². The summed E-state index contributed by atoms with van der Waals surface area (Å²) in [5.74, 6) is -1.20. The van der Waals surface area contributed by atoms with Crippen LogP contribution in [0, 0.1) is 0 Å². The van der Waals surface area contributed by atoms with Crippen LogP contribution in [-0.2, 0) is 0 Å². The van der Waals surface area contributed by atoms with Crippen molar-refractivity contribution >= 4 is 17.1 Å². The van der Waals surface area contributed by atoms with Crippen LogP contribution in [0.4, 0.5) is 0 Å². The molecule has 18 heavy (non-hydrogen) atoms. The lowest BCUT2D eigenvalue weighted by Gasteiger charge is -2.07. The zero-order valence-corrected chi connectivity index (χ0v) is 9.28. The number of aromatic carboxylic acids is 1. The first kappa shape index (κ1) is 10.5. The maximum absolute atomic E-state index is 10.8. The van der Waals surface area contributed by atoms with Crippen molar-refractivity contribution < 1.29 is 9.90 Å². The molecule has 3 aromatic rings. The van der Waals surface area contributed by atoms with E-state index >= 15 is 0 Å². The Morgan fingerprint density at radius 3 is 2.89 bits per heavy atom. The highest BCUT2D eigenvalue weighted by Gasteiger charge is 2.05. The van der Waals surface area contributed by atoms with Crippen molar-refractivity contribution in [3.8, 4) is 5.69 Å². The fourth-order valence-electron chi connectivity index (χ4n) is 1.82. The van der Waals surface area contributed by atoms with Gasteiger partial charge in [-0.25, -0.2) is 9.97 Å². The Morgan fingerprint density at radius 2 is 2.06 bits per heavy atom.